The van der Waals surface area contributed by atoms with E-state index in [1.54, 1.807) is 0 Å². The van der Waals surface area contributed by atoms with Crippen molar-refractivity contribution in [3.63, 3.8) is 0 Å². The van der Waals surface area contributed by atoms with Crippen LogP contribution in [0.2, 0.25) is 5.02 Å². The number of hydrogen-bond acceptors (Lipinski definition) is 4. The number of rotatable bonds is 4. The first-order chi connectivity index (χ1) is 18.7. The molecule has 0 saturated carbocycles. The molecular formula is C33H20ClN3O. The Morgan fingerprint density at radius 2 is 1.00 bits per heavy atom. The highest BCUT2D eigenvalue weighted by molar-refractivity contribution is 6.30. The van der Waals surface area contributed by atoms with E-state index in [0.717, 1.165) is 49.8 Å². The third-order valence-corrected chi connectivity index (χ3v) is 6.82. The molecule has 38 heavy (non-hydrogen) atoms. The lowest BCUT2D eigenvalue weighted by atomic mass is 10.0. The van der Waals surface area contributed by atoms with Gasteiger partial charge in [-0.1, -0.05) is 90.5 Å². The molecule has 180 valence electrons. The van der Waals surface area contributed by atoms with Gasteiger partial charge in [0.25, 0.3) is 0 Å². The van der Waals surface area contributed by atoms with Crippen LogP contribution in [0.5, 0.6) is 0 Å². The summed E-state index contributed by atoms with van der Waals surface area (Å²) in [5.74, 6) is 1.83. The zero-order chi connectivity index (χ0) is 25.5. The van der Waals surface area contributed by atoms with Crippen molar-refractivity contribution >= 4 is 33.5 Å². The normalized spacial score (nSPS) is 11.3. The van der Waals surface area contributed by atoms with E-state index in [1.165, 1.54) is 0 Å². The summed E-state index contributed by atoms with van der Waals surface area (Å²) in [7, 11) is 0. The van der Waals surface area contributed by atoms with Gasteiger partial charge in [0.15, 0.2) is 17.5 Å². The Labute approximate surface area is 224 Å². The number of halogens is 1. The van der Waals surface area contributed by atoms with Crippen molar-refractivity contribution in [3.8, 4) is 45.3 Å². The average Bonchev–Trinajstić information content (AvgIpc) is 3.35. The van der Waals surface area contributed by atoms with Crippen LogP contribution in [0.3, 0.4) is 0 Å². The van der Waals surface area contributed by atoms with Gasteiger partial charge in [-0.3, -0.25) is 0 Å². The van der Waals surface area contributed by atoms with Gasteiger partial charge < -0.3 is 4.42 Å². The predicted molar refractivity (Wildman–Crippen MR) is 154 cm³/mol. The van der Waals surface area contributed by atoms with E-state index in [9.17, 15) is 0 Å². The number of aromatic nitrogens is 3. The fourth-order valence-corrected chi connectivity index (χ4v) is 4.91. The zero-order valence-corrected chi connectivity index (χ0v) is 20.9. The summed E-state index contributed by atoms with van der Waals surface area (Å²) in [6.07, 6.45) is 0. The van der Waals surface area contributed by atoms with E-state index in [4.69, 9.17) is 31.0 Å². The van der Waals surface area contributed by atoms with Crippen LogP contribution < -0.4 is 0 Å². The van der Waals surface area contributed by atoms with Crippen molar-refractivity contribution in [2.75, 3.05) is 0 Å². The van der Waals surface area contributed by atoms with Gasteiger partial charge in [-0.15, -0.1) is 0 Å². The summed E-state index contributed by atoms with van der Waals surface area (Å²) in [5, 5.41) is 2.80. The molecule has 4 nitrogen and oxygen atoms in total. The lowest BCUT2D eigenvalue weighted by Crippen LogP contribution is -2.00. The quantitative estimate of drug-likeness (QED) is 0.237. The third kappa shape index (κ3) is 4.11. The summed E-state index contributed by atoms with van der Waals surface area (Å²) >= 11 is 6.26. The minimum Gasteiger partial charge on any atom is -0.456 e. The molecule has 0 atom stereocenters. The standard InChI is InChI=1S/C33H20ClN3O/c34-26-13-7-11-23(19-26)22-10-6-12-24(18-22)32-35-31(21-8-2-1-3-9-21)36-33(37-32)25-16-17-30-28(20-25)27-14-4-5-15-29(27)38-30/h1-20H. The first kappa shape index (κ1) is 22.4. The Bertz CT molecular complexity index is 1950. The molecule has 0 saturated heterocycles. The molecule has 0 unspecified atom stereocenters. The summed E-state index contributed by atoms with van der Waals surface area (Å²) in [4.78, 5) is 14.7. The summed E-state index contributed by atoms with van der Waals surface area (Å²) in [5.41, 5.74) is 6.50. The Morgan fingerprint density at radius 3 is 1.79 bits per heavy atom. The molecule has 0 aliphatic rings. The first-order valence-electron chi connectivity index (χ1n) is 12.3. The molecule has 2 aromatic heterocycles. The van der Waals surface area contributed by atoms with Crippen molar-refractivity contribution in [2.45, 2.75) is 0 Å². The van der Waals surface area contributed by atoms with Crippen LogP contribution >= 0.6 is 11.6 Å². The van der Waals surface area contributed by atoms with Crippen LogP contribution in [0.15, 0.2) is 126 Å². The van der Waals surface area contributed by atoms with Crippen molar-refractivity contribution in [1.29, 1.82) is 0 Å². The second-order valence-electron chi connectivity index (χ2n) is 9.07. The monoisotopic (exact) mass is 509 g/mol. The molecule has 7 aromatic rings. The lowest BCUT2D eigenvalue weighted by Gasteiger charge is -2.10. The maximum Gasteiger partial charge on any atom is 0.164 e. The maximum atomic E-state index is 6.26. The molecule has 5 heteroatoms. The molecule has 0 amide bonds. The molecule has 0 aliphatic heterocycles. The lowest BCUT2D eigenvalue weighted by molar-refractivity contribution is 0.669. The minimum atomic E-state index is 0.606. The SMILES string of the molecule is Clc1cccc(-c2cccc(-c3nc(-c4ccccc4)nc(-c4ccc5oc6ccccc6c5c4)n3)c2)c1. The van der Waals surface area contributed by atoms with E-state index < -0.39 is 0 Å². The molecular weight excluding hydrogens is 490 g/mol. The summed E-state index contributed by atoms with van der Waals surface area (Å²) in [6, 6.07) is 40.1. The van der Waals surface area contributed by atoms with Gasteiger partial charge in [-0.2, -0.15) is 0 Å². The van der Waals surface area contributed by atoms with Crippen molar-refractivity contribution in [3.05, 3.63) is 126 Å². The van der Waals surface area contributed by atoms with Gasteiger partial charge in [0, 0.05) is 32.5 Å². The second kappa shape index (κ2) is 9.25. The third-order valence-electron chi connectivity index (χ3n) is 6.58. The van der Waals surface area contributed by atoms with E-state index in [1.807, 2.05) is 97.1 Å². The number of nitrogens with zero attached hydrogens (tertiary/aromatic N) is 3. The Morgan fingerprint density at radius 1 is 0.421 bits per heavy atom. The zero-order valence-electron chi connectivity index (χ0n) is 20.2. The number of furan rings is 1. The fraction of sp³-hybridized carbons (Fsp3) is 0. The Balaban J connectivity index is 1.41. The van der Waals surface area contributed by atoms with Crippen LogP contribution in [-0.4, -0.2) is 15.0 Å². The summed E-state index contributed by atoms with van der Waals surface area (Å²) < 4.78 is 6.03. The smallest absolute Gasteiger partial charge is 0.164 e. The number of para-hydroxylation sites is 1. The van der Waals surface area contributed by atoms with Crippen LogP contribution in [0, 0.1) is 0 Å². The van der Waals surface area contributed by atoms with Gasteiger partial charge in [-0.05, 0) is 53.6 Å². The number of benzene rings is 5. The molecule has 0 radical (unpaired) electrons. The van der Waals surface area contributed by atoms with Gasteiger partial charge >= 0.3 is 0 Å². The van der Waals surface area contributed by atoms with Crippen molar-refractivity contribution < 1.29 is 4.42 Å². The van der Waals surface area contributed by atoms with Crippen LogP contribution in [0.25, 0.3) is 67.2 Å². The fourth-order valence-electron chi connectivity index (χ4n) is 4.72. The molecule has 0 bridgehead atoms. The second-order valence-corrected chi connectivity index (χ2v) is 9.51. The van der Waals surface area contributed by atoms with E-state index >= 15 is 0 Å². The average molecular weight is 510 g/mol. The molecule has 0 spiro atoms. The minimum absolute atomic E-state index is 0.606. The van der Waals surface area contributed by atoms with Crippen molar-refractivity contribution in [2.24, 2.45) is 0 Å². The van der Waals surface area contributed by atoms with Gasteiger partial charge in [0.1, 0.15) is 11.2 Å². The molecule has 7 rings (SSSR count). The highest BCUT2D eigenvalue weighted by Gasteiger charge is 2.15. The predicted octanol–water partition coefficient (Wildman–Crippen LogP) is 9.09. The van der Waals surface area contributed by atoms with Gasteiger partial charge in [0.2, 0.25) is 0 Å². The molecule has 2 heterocycles. The van der Waals surface area contributed by atoms with Crippen LogP contribution in [0.1, 0.15) is 0 Å². The Kier molecular flexibility index (Phi) is 5.46. The van der Waals surface area contributed by atoms with E-state index in [0.29, 0.717) is 22.5 Å². The number of hydrogen-bond donors (Lipinski definition) is 0. The molecule has 5 aromatic carbocycles. The molecule has 0 fully saturated rings. The highest BCUT2D eigenvalue weighted by Crippen LogP contribution is 2.33. The Hall–Kier alpha value is -4.80. The largest absolute Gasteiger partial charge is 0.456 e. The summed E-state index contributed by atoms with van der Waals surface area (Å²) in [6.45, 7) is 0. The van der Waals surface area contributed by atoms with Crippen LogP contribution in [-0.2, 0) is 0 Å². The van der Waals surface area contributed by atoms with E-state index in [-0.39, 0.29) is 0 Å². The topological polar surface area (TPSA) is 51.8 Å². The highest BCUT2D eigenvalue weighted by atomic mass is 35.5. The maximum absolute atomic E-state index is 6.26. The van der Waals surface area contributed by atoms with Gasteiger partial charge in [-0.25, -0.2) is 15.0 Å². The van der Waals surface area contributed by atoms with Crippen LogP contribution in [0.4, 0.5) is 0 Å². The molecule has 0 N–H and O–H groups in total. The first-order valence-corrected chi connectivity index (χ1v) is 12.7. The van der Waals surface area contributed by atoms with E-state index in [2.05, 4.69) is 24.3 Å². The molecule has 0 aliphatic carbocycles. The van der Waals surface area contributed by atoms with Crippen molar-refractivity contribution in [1.82, 2.24) is 15.0 Å². The number of fused-ring (bicyclic) bond motifs is 3. The van der Waals surface area contributed by atoms with Gasteiger partial charge in [0.05, 0.1) is 0 Å².